The standard InChI is InChI=1S/C14H10BrFO3/c1-8-5-6-9(15)7-12(8)19-13-10(14(17)18)3-2-4-11(13)16/h2-7H,1H3,(H,17,18). The van der Waals surface area contributed by atoms with Crippen LogP contribution in [0.5, 0.6) is 11.5 Å². The van der Waals surface area contributed by atoms with E-state index in [9.17, 15) is 9.18 Å². The van der Waals surface area contributed by atoms with Gasteiger partial charge in [-0.25, -0.2) is 9.18 Å². The lowest BCUT2D eigenvalue weighted by Crippen LogP contribution is -2.02. The van der Waals surface area contributed by atoms with E-state index in [1.807, 2.05) is 6.07 Å². The fraction of sp³-hybridized carbons (Fsp3) is 0.0714. The zero-order valence-electron chi connectivity index (χ0n) is 9.98. The highest BCUT2D eigenvalue weighted by atomic mass is 79.9. The number of rotatable bonds is 3. The van der Waals surface area contributed by atoms with Gasteiger partial charge in [0.2, 0.25) is 0 Å². The van der Waals surface area contributed by atoms with Gasteiger partial charge in [0.15, 0.2) is 11.6 Å². The zero-order chi connectivity index (χ0) is 14.0. The molecule has 0 amide bonds. The van der Waals surface area contributed by atoms with Crippen LogP contribution in [0.25, 0.3) is 0 Å². The molecule has 0 saturated carbocycles. The maximum Gasteiger partial charge on any atom is 0.339 e. The maximum absolute atomic E-state index is 13.7. The van der Waals surface area contributed by atoms with Crippen LogP contribution < -0.4 is 4.74 Å². The minimum absolute atomic E-state index is 0.209. The number of carboxylic acids is 1. The lowest BCUT2D eigenvalue weighted by atomic mass is 10.2. The molecular weight excluding hydrogens is 315 g/mol. The molecule has 0 spiro atoms. The van der Waals surface area contributed by atoms with Crippen molar-refractivity contribution >= 4 is 21.9 Å². The van der Waals surface area contributed by atoms with Gasteiger partial charge in [-0.1, -0.05) is 28.1 Å². The molecule has 2 rings (SSSR count). The van der Waals surface area contributed by atoms with Gasteiger partial charge in [0, 0.05) is 4.47 Å². The van der Waals surface area contributed by atoms with Crippen LogP contribution in [-0.2, 0) is 0 Å². The van der Waals surface area contributed by atoms with Gasteiger partial charge in [-0.3, -0.25) is 0 Å². The fourth-order valence-corrected chi connectivity index (χ4v) is 1.91. The number of benzene rings is 2. The van der Waals surface area contributed by atoms with E-state index in [4.69, 9.17) is 9.84 Å². The van der Waals surface area contributed by atoms with Crippen molar-refractivity contribution in [1.82, 2.24) is 0 Å². The Bertz CT molecular complexity index is 641. The number of ether oxygens (including phenoxy) is 1. The second-order valence-electron chi connectivity index (χ2n) is 3.93. The van der Waals surface area contributed by atoms with Crippen LogP contribution in [-0.4, -0.2) is 11.1 Å². The van der Waals surface area contributed by atoms with Gasteiger partial charge in [-0.2, -0.15) is 0 Å². The predicted molar refractivity (Wildman–Crippen MR) is 72.3 cm³/mol. The van der Waals surface area contributed by atoms with Gasteiger partial charge >= 0.3 is 5.97 Å². The van der Waals surface area contributed by atoms with Crippen LogP contribution in [0.4, 0.5) is 4.39 Å². The van der Waals surface area contributed by atoms with Crippen molar-refractivity contribution in [3.05, 3.63) is 57.8 Å². The molecule has 3 nitrogen and oxygen atoms in total. The number of aryl methyl sites for hydroxylation is 1. The summed E-state index contributed by atoms with van der Waals surface area (Å²) in [6.07, 6.45) is 0. The van der Waals surface area contributed by atoms with Crippen molar-refractivity contribution < 1.29 is 19.0 Å². The first-order valence-electron chi connectivity index (χ1n) is 5.45. The highest BCUT2D eigenvalue weighted by molar-refractivity contribution is 9.10. The smallest absolute Gasteiger partial charge is 0.339 e. The van der Waals surface area contributed by atoms with E-state index < -0.39 is 11.8 Å². The fourth-order valence-electron chi connectivity index (χ4n) is 1.57. The van der Waals surface area contributed by atoms with E-state index in [0.29, 0.717) is 5.75 Å². The minimum Gasteiger partial charge on any atom is -0.478 e. The van der Waals surface area contributed by atoms with E-state index >= 15 is 0 Å². The summed E-state index contributed by atoms with van der Waals surface area (Å²) in [6, 6.07) is 9.07. The molecule has 0 aliphatic heterocycles. The van der Waals surface area contributed by atoms with Crippen LogP contribution in [0, 0.1) is 12.7 Å². The molecule has 0 heterocycles. The SMILES string of the molecule is Cc1ccc(Br)cc1Oc1c(F)cccc1C(=O)O. The third kappa shape index (κ3) is 2.93. The zero-order valence-corrected chi connectivity index (χ0v) is 11.6. The molecule has 1 N–H and O–H groups in total. The molecule has 0 saturated heterocycles. The normalized spacial score (nSPS) is 10.3. The summed E-state index contributed by atoms with van der Waals surface area (Å²) in [4.78, 5) is 11.1. The molecule has 5 heteroatoms. The molecule has 0 aliphatic carbocycles. The maximum atomic E-state index is 13.7. The van der Waals surface area contributed by atoms with E-state index in [0.717, 1.165) is 16.1 Å². The summed E-state index contributed by atoms with van der Waals surface area (Å²) in [5.74, 6) is -1.82. The van der Waals surface area contributed by atoms with Gasteiger partial charge in [-0.15, -0.1) is 0 Å². The molecule has 0 atom stereocenters. The first kappa shape index (κ1) is 13.5. The largest absolute Gasteiger partial charge is 0.478 e. The van der Waals surface area contributed by atoms with Gasteiger partial charge < -0.3 is 9.84 Å². The molecule has 0 unspecified atom stereocenters. The second-order valence-corrected chi connectivity index (χ2v) is 4.85. The topological polar surface area (TPSA) is 46.5 Å². The Morgan fingerprint density at radius 1 is 1.32 bits per heavy atom. The quantitative estimate of drug-likeness (QED) is 0.910. The number of aromatic carboxylic acids is 1. The Labute approximate surface area is 117 Å². The summed E-state index contributed by atoms with van der Waals surface area (Å²) in [6.45, 7) is 1.79. The molecule has 0 fully saturated rings. The van der Waals surface area contributed by atoms with Crippen LogP contribution in [0.3, 0.4) is 0 Å². The van der Waals surface area contributed by atoms with Gasteiger partial charge in [0.05, 0.1) is 0 Å². The van der Waals surface area contributed by atoms with E-state index in [-0.39, 0.29) is 11.3 Å². The molecule has 0 bridgehead atoms. The Morgan fingerprint density at radius 3 is 2.74 bits per heavy atom. The molecule has 98 valence electrons. The lowest BCUT2D eigenvalue weighted by Gasteiger charge is -2.12. The highest BCUT2D eigenvalue weighted by Crippen LogP contribution is 2.32. The lowest BCUT2D eigenvalue weighted by molar-refractivity contribution is 0.0693. The Kier molecular flexibility index (Phi) is 3.85. The number of hydrogen-bond acceptors (Lipinski definition) is 2. The highest BCUT2D eigenvalue weighted by Gasteiger charge is 2.17. The second kappa shape index (κ2) is 5.40. The Balaban J connectivity index is 2.49. The van der Waals surface area contributed by atoms with Crippen LogP contribution in [0.2, 0.25) is 0 Å². The van der Waals surface area contributed by atoms with Crippen molar-refractivity contribution in [2.24, 2.45) is 0 Å². The van der Waals surface area contributed by atoms with Gasteiger partial charge in [0.1, 0.15) is 11.3 Å². The summed E-state index contributed by atoms with van der Waals surface area (Å²) < 4.78 is 19.9. The monoisotopic (exact) mass is 324 g/mol. The molecular formula is C14H10BrFO3. The van der Waals surface area contributed by atoms with Crippen molar-refractivity contribution in [2.75, 3.05) is 0 Å². The predicted octanol–water partition coefficient (Wildman–Crippen LogP) is 4.39. The van der Waals surface area contributed by atoms with Crippen molar-refractivity contribution in [3.8, 4) is 11.5 Å². The van der Waals surface area contributed by atoms with E-state index in [1.54, 1.807) is 19.1 Å². The van der Waals surface area contributed by atoms with Crippen molar-refractivity contribution in [2.45, 2.75) is 6.92 Å². The molecule has 0 aromatic heterocycles. The number of carbonyl (C=O) groups is 1. The number of carboxylic acid groups (broad SMARTS) is 1. The van der Waals surface area contributed by atoms with Crippen LogP contribution in [0.15, 0.2) is 40.9 Å². The number of para-hydroxylation sites is 1. The minimum atomic E-state index is -1.23. The van der Waals surface area contributed by atoms with Crippen molar-refractivity contribution in [1.29, 1.82) is 0 Å². The van der Waals surface area contributed by atoms with Gasteiger partial charge in [-0.05, 0) is 36.8 Å². The third-order valence-corrected chi connectivity index (χ3v) is 3.05. The molecule has 2 aromatic carbocycles. The average molecular weight is 325 g/mol. The Hall–Kier alpha value is -1.88. The Morgan fingerprint density at radius 2 is 2.05 bits per heavy atom. The van der Waals surface area contributed by atoms with Gasteiger partial charge in [0.25, 0.3) is 0 Å². The number of hydrogen-bond donors (Lipinski definition) is 1. The number of halogens is 2. The van der Waals surface area contributed by atoms with Crippen molar-refractivity contribution in [3.63, 3.8) is 0 Å². The van der Waals surface area contributed by atoms with Crippen LogP contribution in [0.1, 0.15) is 15.9 Å². The summed E-state index contributed by atoms with van der Waals surface area (Å²) in [5, 5.41) is 9.04. The summed E-state index contributed by atoms with van der Waals surface area (Å²) in [5.41, 5.74) is 0.571. The van der Waals surface area contributed by atoms with E-state index in [2.05, 4.69) is 15.9 Å². The molecule has 0 radical (unpaired) electrons. The average Bonchev–Trinajstić information content (AvgIpc) is 2.35. The molecule has 0 aliphatic rings. The summed E-state index contributed by atoms with van der Waals surface area (Å²) >= 11 is 3.29. The third-order valence-electron chi connectivity index (χ3n) is 2.56. The first-order chi connectivity index (χ1) is 8.99. The van der Waals surface area contributed by atoms with Crippen LogP contribution >= 0.6 is 15.9 Å². The first-order valence-corrected chi connectivity index (χ1v) is 6.24. The molecule has 2 aromatic rings. The van der Waals surface area contributed by atoms with E-state index in [1.165, 1.54) is 12.1 Å². The molecule has 19 heavy (non-hydrogen) atoms. The summed E-state index contributed by atoms with van der Waals surface area (Å²) in [7, 11) is 0.